The number of hydrogen-bond acceptors (Lipinski definition) is 6. The summed E-state index contributed by atoms with van der Waals surface area (Å²) in [5.41, 5.74) is 4.15. The van der Waals surface area contributed by atoms with E-state index >= 15 is 0 Å². The molecule has 0 aliphatic heterocycles. The first-order chi connectivity index (χ1) is 13.4. The molecule has 3 aromatic rings. The number of ketones is 1. The molecule has 0 fully saturated rings. The lowest BCUT2D eigenvalue weighted by molar-refractivity contribution is -0.115. The summed E-state index contributed by atoms with van der Waals surface area (Å²) >= 11 is 1.27. The summed E-state index contributed by atoms with van der Waals surface area (Å²) in [6.45, 7) is 7.28. The zero-order valence-electron chi connectivity index (χ0n) is 16.1. The molecule has 0 spiro atoms. The lowest BCUT2D eigenvalue weighted by atomic mass is 10.1. The van der Waals surface area contributed by atoms with Crippen LogP contribution in [0, 0.1) is 13.8 Å². The van der Waals surface area contributed by atoms with E-state index in [1.165, 1.54) is 18.7 Å². The maximum atomic E-state index is 12.6. The number of tetrazole rings is 1. The molecule has 144 valence electrons. The van der Waals surface area contributed by atoms with Gasteiger partial charge in [-0.15, -0.1) is 5.10 Å². The molecule has 0 saturated heterocycles. The average Bonchev–Trinajstić information content (AvgIpc) is 3.09. The second-order valence-electron chi connectivity index (χ2n) is 6.50. The van der Waals surface area contributed by atoms with Crippen LogP contribution >= 0.6 is 11.8 Å². The van der Waals surface area contributed by atoms with Gasteiger partial charge in [0, 0.05) is 11.3 Å². The number of aryl methyl sites for hydroxylation is 2. The minimum atomic E-state index is -0.435. The average molecular weight is 395 g/mol. The number of carbonyl (C=O) groups excluding carboxylic acids is 2. The Morgan fingerprint density at radius 3 is 2.46 bits per heavy atom. The van der Waals surface area contributed by atoms with E-state index < -0.39 is 5.25 Å². The van der Waals surface area contributed by atoms with Gasteiger partial charge in [0.25, 0.3) is 0 Å². The molecule has 0 bridgehead atoms. The van der Waals surface area contributed by atoms with Crippen LogP contribution in [0.1, 0.15) is 35.3 Å². The van der Waals surface area contributed by atoms with Gasteiger partial charge >= 0.3 is 0 Å². The van der Waals surface area contributed by atoms with Gasteiger partial charge in [0.2, 0.25) is 11.1 Å². The zero-order valence-corrected chi connectivity index (χ0v) is 16.9. The van der Waals surface area contributed by atoms with Crippen LogP contribution in [0.3, 0.4) is 0 Å². The summed E-state index contributed by atoms with van der Waals surface area (Å²) in [7, 11) is 0. The van der Waals surface area contributed by atoms with E-state index in [0.717, 1.165) is 16.8 Å². The molecular weight excluding hydrogens is 374 g/mol. The number of nitrogens with zero attached hydrogens (tertiary/aromatic N) is 4. The fourth-order valence-corrected chi connectivity index (χ4v) is 3.60. The fraction of sp³-hybridized carbons (Fsp3) is 0.250. The highest BCUT2D eigenvalue weighted by Crippen LogP contribution is 2.26. The van der Waals surface area contributed by atoms with E-state index in [0.29, 0.717) is 16.4 Å². The highest BCUT2D eigenvalue weighted by Gasteiger charge is 2.21. The van der Waals surface area contributed by atoms with Crippen molar-refractivity contribution in [3.63, 3.8) is 0 Å². The van der Waals surface area contributed by atoms with Crippen molar-refractivity contribution in [2.75, 3.05) is 5.32 Å². The first-order valence-corrected chi connectivity index (χ1v) is 9.68. The van der Waals surface area contributed by atoms with Gasteiger partial charge < -0.3 is 5.32 Å². The Kier molecular flexibility index (Phi) is 5.89. The molecule has 3 rings (SSSR count). The molecule has 0 saturated carbocycles. The van der Waals surface area contributed by atoms with Crippen LogP contribution in [0.5, 0.6) is 0 Å². The van der Waals surface area contributed by atoms with E-state index in [-0.39, 0.29) is 11.7 Å². The van der Waals surface area contributed by atoms with Crippen molar-refractivity contribution in [1.82, 2.24) is 20.2 Å². The molecule has 1 aromatic heterocycles. The summed E-state index contributed by atoms with van der Waals surface area (Å²) in [5.74, 6) is -0.243. The van der Waals surface area contributed by atoms with Crippen LogP contribution in [-0.4, -0.2) is 37.1 Å². The third-order valence-corrected chi connectivity index (χ3v) is 5.31. The van der Waals surface area contributed by atoms with Crippen LogP contribution in [0.2, 0.25) is 0 Å². The van der Waals surface area contributed by atoms with Gasteiger partial charge in [0.15, 0.2) is 5.78 Å². The molecule has 1 amide bonds. The quantitative estimate of drug-likeness (QED) is 0.507. The van der Waals surface area contributed by atoms with Crippen LogP contribution in [0.15, 0.2) is 47.6 Å². The predicted octanol–water partition coefficient (Wildman–Crippen LogP) is 3.60. The number of aromatic nitrogens is 4. The molecule has 7 nitrogen and oxygen atoms in total. The smallest absolute Gasteiger partial charge is 0.237 e. The molecule has 28 heavy (non-hydrogen) atoms. The van der Waals surface area contributed by atoms with Gasteiger partial charge in [-0.2, -0.15) is 4.68 Å². The van der Waals surface area contributed by atoms with E-state index in [4.69, 9.17) is 0 Å². The summed E-state index contributed by atoms with van der Waals surface area (Å²) in [4.78, 5) is 24.1. The minimum absolute atomic E-state index is 0.0497. The molecule has 2 aromatic carbocycles. The molecule has 0 aliphatic carbocycles. The van der Waals surface area contributed by atoms with Crippen molar-refractivity contribution in [1.29, 1.82) is 0 Å². The van der Waals surface area contributed by atoms with Gasteiger partial charge in [-0.25, -0.2) is 0 Å². The Morgan fingerprint density at radius 2 is 1.79 bits per heavy atom. The number of benzene rings is 2. The largest absolute Gasteiger partial charge is 0.325 e. The molecular formula is C20H21N5O2S. The van der Waals surface area contributed by atoms with E-state index in [1.54, 1.807) is 35.9 Å². The standard InChI is InChI=1S/C20H21N5O2S/c1-12-7-5-8-13(2)18(12)25-20(22-23-24-25)28-15(4)19(27)21-17-10-6-9-16(11-17)14(3)26/h5-11,15H,1-4H3,(H,21,27)/t15-/m1/s1. The van der Waals surface area contributed by atoms with E-state index in [1.807, 2.05) is 32.0 Å². The van der Waals surface area contributed by atoms with E-state index in [9.17, 15) is 9.59 Å². The monoisotopic (exact) mass is 395 g/mol. The summed E-state index contributed by atoms with van der Waals surface area (Å²) in [6.07, 6.45) is 0. The first-order valence-electron chi connectivity index (χ1n) is 8.80. The number of para-hydroxylation sites is 1. The van der Waals surface area contributed by atoms with Crippen LogP contribution < -0.4 is 5.32 Å². The number of amides is 1. The van der Waals surface area contributed by atoms with Crippen molar-refractivity contribution in [2.24, 2.45) is 0 Å². The van der Waals surface area contributed by atoms with Crippen LogP contribution in [0.25, 0.3) is 5.69 Å². The number of thioether (sulfide) groups is 1. The van der Waals surface area contributed by atoms with Gasteiger partial charge in [0.05, 0.1) is 10.9 Å². The molecule has 8 heteroatoms. The number of anilines is 1. The second-order valence-corrected chi connectivity index (χ2v) is 7.81. The Balaban J connectivity index is 1.76. The molecule has 0 unspecified atom stereocenters. The van der Waals surface area contributed by atoms with Crippen molar-refractivity contribution in [2.45, 2.75) is 38.1 Å². The van der Waals surface area contributed by atoms with Gasteiger partial charge in [-0.1, -0.05) is 42.1 Å². The summed E-state index contributed by atoms with van der Waals surface area (Å²) in [5, 5.41) is 14.9. The molecule has 0 radical (unpaired) electrons. The van der Waals surface area contributed by atoms with Crippen LogP contribution in [-0.2, 0) is 4.79 Å². The fourth-order valence-electron chi connectivity index (χ4n) is 2.80. The molecule has 1 heterocycles. The molecule has 1 N–H and O–H groups in total. The van der Waals surface area contributed by atoms with Crippen molar-refractivity contribution >= 4 is 29.1 Å². The topological polar surface area (TPSA) is 89.8 Å². The van der Waals surface area contributed by atoms with Crippen molar-refractivity contribution in [3.05, 3.63) is 59.2 Å². The number of nitrogens with one attached hydrogen (secondary N) is 1. The maximum Gasteiger partial charge on any atom is 0.237 e. The summed E-state index contributed by atoms with van der Waals surface area (Å²) in [6, 6.07) is 12.9. The Bertz CT molecular complexity index is 1010. The number of carbonyl (C=O) groups is 2. The SMILES string of the molecule is CC(=O)c1cccc(NC(=O)[C@@H](C)Sc2nnnn2-c2c(C)cccc2C)c1. The highest BCUT2D eigenvalue weighted by atomic mass is 32.2. The minimum Gasteiger partial charge on any atom is -0.325 e. The number of rotatable bonds is 6. The highest BCUT2D eigenvalue weighted by molar-refractivity contribution is 8.00. The second kappa shape index (κ2) is 8.35. The number of Topliss-reactive ketones (excluding diaryl/α,β-unsaturated/α-hetero) is 1. The van der Waals surface area contributed by atoms with Gasteiger partial charge in [-0.05, 0) is 61.4 Å². The Hall–Kier alpha value is -3.00. The molecule has 1 atom stereocenters. The van der Waals surface area contributed by atoms with Gasteiger partial charge in [-0.3, -0.25) is 9.59 Å². The predicted molar refractivity (Wildman–Crippen MR) is 109 cm³/mol. The first kappa shape index (κ1) is 19.8. The molecule has 0 aliphatic rings. The normalized spacial score (nSPS) is 11.9. The van der Waals surface area contributed by atoms with Gasteiger partial charge in [0.1, 0.15) is 0 Å². The Labute approximate surface area is 167 Å². The van der Waals surface area contributed by atoms with Crippen LogP contribution in [0.4, 0.5) is 5.69 Å². The van der Waals surface area contributed by atoms with Crippen molar-refractivity contribution < 1.29 is 9.59 Å². The maximum absolute atomic E-state index is 12.6. The van der Waals surface area contributed by atoms with Crippen molar-refractivity contribution in [3.8, 4) is 5.69 Å². The third-order valence-electron chi connectivity index (χ3n) is 4.28. The number of hydrogen-bond donors (Lipinski definition) is 1. The Morgan fingerprint density at radius 1 is 1.11 bits per heavy atom. The lowest BCUT2D eigenvalue weighted by Gasteiger charge is -2.14. The zero-order chi connectivity index (χ0) is 20.3. The summed E-state index contributed by atoms with van der Waals surface area (Å²) < 4.78 is 1.66. The lowest BCUT2D eigenvalue weighted by Crippen LogP contribution is -2.23. The van der Waals surface area contributed by atoms with E-state index in [2.05, 4.69) is 20.8 Å². The third kappa shape index (κ3) is 4.28.